The second-order valence-corrected chi connectivity index (χ2v) is 5.84. The van der Waals surface area contributed by atoms with Gasteiger partial charge in [-0.1, -0.05) is 12.1 Å². The fourth-order valence-electron chi connectivity index (χ4n) is 1.59. The standard InChI is InChI=1S/C16H25NO3.ClH/c1-16(2,3)17(4)10-11-20-15(18)12-13-6-8-14(19-5)9-7-13;/h6-9H,10-12H2,1-5H3;1H. The van der Waals surface area contributed by atoms with Crippen LogP contribution in [0.2, 0.25) is 0 Å². The number of esters is 1. The van der Waals surface area contributed by atoms with Crippen LogP contribution < -0.4 is 4.74 Å². The van der Waals surface area contributed by atoms with Crippen molar-refractivity contribution in [1.82, 2.24) is 4.90 Å². The van der Waals surface area contributed by atoms with Gasteiger partial charge >= 0.3 is 5.97 Å². The van der Waals surface area contributed by atoms with E-state index in [4.69, 9.17) is 9.47 Å². The van der Waals surface area contributed by atoms with Gasteiger partial charge in [-0.05, 0) is 45.5 Å². The summed E-state index contributed by atoms with van der Waals surface area (Å²) in [4.78, 5) is 13.9. The molecule has 0 heterocycles. The first-order valence-corrected chi connectivity index (χ1v) is 6.82. The van der Waals surface area contributed by atoms with Crippen molar-refractivity contribution in [2.24, 2.45) is 0 Å². The minimum atomic E-state index is -0.197. The summed E-state index contributed by atoms with van der Waals surface area (Å²) in [5, 5.41) is 0. The van der Waals surface area contributed by atoms with Crippen LogP contribution in [0, 0.1) is 0 Å². The molecule has 21 heavy (non-hydrogen) atoms. The number of rotatable bonds is 6. The van der Waals surface area contributed by atoms with Crippen LogP contribution in [-0.4, -0.2) is 43.7 Å². The summed E-state index contributed by atoms with van der Waals surface area (Å²) in [5.74, 6) is 0.589. The Morgan fingerprint density at radius 1 is 1.19 bits per heavy atom. The molecular weight excluding hydrogens is 290 g/mol. The molecule has 120 valence electrons. The van der Waals surface area contributed by atoms with Crippen molar-refractivity contribution in [3.05, 3.63) is 29.8 Å². The molecule has 0 N–H and O–H groups in total. The number of carbonyl (C=O) groups excluding carboxylic acids is 1. The minimum Gasteiger partial charge on any atom is -0.497 e. The predicted octanol–water partition coefficient (Wildman–Crippen LogP) is 2.93. The van der Waals surface area contributed by atoms with Gasteiger partial charge in [-0.25, -0.2) is 0 Å². The van der Waals surface area contributed by atoms with Gasteiger partial charge in [0.2, 0.25) is 0 Å². The zero-order valence-electron chi connectivity index (χ0n) is 13.5. The first kappa shape index (κ1) is 19.7. The Morgan fingerprint density at radius 2 is 1.76 bits per heavy atom. The fourth-order valence-corrected chi connectivity index (χ4v) is 1.59. The van der Waals surface area contributed by atoms with Crippen LogP contribution in [0.15, 0.2) is 24.3 Å². The summed E-state index contributed by atoms with van der Waals surface area (Å²) in [7, 11) is 3.65. The number of halogens is 1. The Morgan fingerprint density at radius 3 is 2.24 bits per heavy atom. The van der Waals surface area contributed by atoms with E-state index in [-0.39, 0.29) is 23.9 Å². The lowest BCUT2D eigenvalue weighted by Gasteiger charge is -2.31. The average molecular weight is 316 g/mol. The highest BCUT2D eigenvalue weighted by atomic mass is 35.5. The van der Waals surface area contributed by atoms with Crippen LogP contribution in [0.25, 0.3) is 0 Å². The molecule has 0 aliphatic rings. The minimum absolute atomic E-state index is 0. The van der Waals surface area contributed by atoms with Crippen LogP contribution in [0.4, 0.5) is 0 Å². The van der Waals surface area contributed by atoms with E-state index in [2.05, 4.69) is 25.7 Å². The second kappa shape index (κ2) is 8.90. The molecule has 0 amide bonds. The van der Waals surface area contributed by atoms with Gasteiger partial charge in [0.15, 0.2) is 0 Å². The molecule has 0 saturated heterocycles. The van der Waals surface area contributed by atoms with Crippen LogP contribution >= 0.6 is 12.4 Å². The van der Waals surface area contributed by atoms with E-state index >= 15 is 0 Å². The maximum atomic E-state index is 11.7. The van der Waals surface area contributed by atoms with Crippen LogP contribution in [0.5, 0.6) is 5.75 Å². The summed E-state index contributed by atoms with van der Waals surface area (Å²) >= 11 is 0. The molecule has 0 saturated carbocycles. The largest absolute Gasteiger partial charge is 0.497 e. The third kappa shape index (κ3) is 7.34. The van der Waals surface area contributed by atoms with E-state index in [1.54, 1.807) is 7.11 Å². The number of ether oxygens (including phenoxy) is 2. The monoisotopic (exact) mass is 315 g/mol. The average Bonchev–Trinajstić information content (AvgIpc) is 2.38. The lowest BCUT2D eigenvalue weighted by atomic mass is 10.1. The molecule has 0 aliphatic heterocycles. The number of carbonyl (C=O) groups is 1. The quantitative estimate of drug-likeness (QED) is 0.757. The highest BCUT2D eigenvalue weighted by molar-refractivity contribution is 5.85. The maximum Gasteiger partial charge on any atom is 0.310 e. The van der Waals surface area contributed by atoms with E-state index in [9.17, 15) is 4.79 Å². The first-order chi connectivity index (χ1) is 9.32. The molecule has 0 fully saturated rings. The van der Waals surface area contributed by atoms with Crippen molar-refractivity contribution in [3.8, 4) is 5.75 Å². The van der Waals surface area contributed by atoms with Gasteiger partial charge in [-0.2, -0.15) is 0 Å². The smallest absolute Gasteiger partial charge is 0.310 e. The lowest BCUT2D eigenvalue weighted by Crippen LogP contribution is -2.40. The van der Waals surface area contributed by atoms with Gasteiger partial charge in [0.25, 0.3) is 0 Å². The summed E-state index contributed by atoms with van der Waals surface area (Å²) in [6, 6.07) is 7.44. The number of methoxy groups -OCH3 is 1. The SMILES string of the molecule is COc1ccc(CC(=O)OCCN(C)C(C)(C)C)cc1.Cl. The lowest BCUT2D eigenvalue weighted by molar-refractivity contribution is -0.143. The summed E-state index contributed by atoms with van der Waals surface area (Å²) in [6.07, 6.45) is 0.295. The maximum absolute atomic E-state index is 11.7. The highest BCUT2D eigenvalue weighted by Crippen LogP contribution is 2.12. The third-order valence-corrected chi connectivity index (χ3v) is 3.34. The molecule has 1 rings (SSSR count). The molecule has 0 aromatic heterocycles. The van der Waals surface area contributed by atoms with E-state index < -0.39 is 0 Å². The van der Waals surface area contributed by atoms with Gasteiger partial charge in [0.05, 0.1) is 13.5 Å². The number of hydrogen-bond acceptors (Lipinski definition) is 4. The second-order valence-electron chi connectivity index (χ2n) is 5.84. The number of likely N-dealkylation sites (N-methyl/N-ethyl adjacent to an activating group) is 1. The topological polar surface area (TPSA) is 38.8 Å². The van der Waals surface area contributed by atoms with Gasteiger partial charge in [0.1, 0.15) is 12.4 Å². The van der Waals surface area contributed by atoms with Crippen molar-refractivity contribution in [1.29, 1.82) is 0 Å². The van der Waals surface area contributed by atoms with Crippen molar-refractivity contribution >= 4 is 18.4 Å². The normalized spacial score (nSPS) is 11.0. The fraction of sp³-hybridized carbons (Fsp3) is 0.562. The first-order valence-electron chi connectivity index (χ1n) is 6.82. The van der Waals surface area contributed by atoms with E-state index in [0.717, 1.165) is 17.9 Å². The highest BCUT2D eigenvalue weighted by Gasteiger charge is 2.16. The Balaban J connectivity index is 0.00000400. The number of hydrogen-bond donors (Lipinski definition) is 0. The molecule has 1 aromatic carbocycles. The number of nitrogens with zero attached hydrogens (tertiary/aromatic N) is 1. The van der Waals surface area contributed by atoms with Gasteiger partial charge in [-0.3, -0.25) is 9.69 Å². The number of benzene rings is 1. The Bertz CT molecular complexity index is 426. The molecule has 0 unspecified atom stereocenters. The van der Waals surface area contributed by atoms with Crippen LogP contribution in [0.3, 0.4) is 0 Å². The van der Waals surface area contributed by atoms with Gasteiger partial charge < -0.3 is 9.47 Å². The van der Waals surface area contributed by atoms with Crippen molar-refractivity contribution < 1.29 is 14.3 Å². The molecule has 0 radical (unpaired) electrons. The zero-order chi connectivity index (χ0) is 15.2. The third-order valence-electron chi connectivity index (χ3n) is 3.34. The summed E-state index contributed by atoms with van der Waals surface area (Å²) in [6.45, 7) is 7.55. The van der Waals surface area contributed by atoms with E-state index in [0.29, 0.717) is 13.0 Å². The zero-order valence-corrected chi connectivity index (χ0v) is 14.3. The predicted molar refractivity (Wildman–Crippen MR) is 87.3 cm³/mol. The summed E-state index contributed by atoms with van der Waals surface area (Å²) < 4.78 is 10.3. The molecular formula is C16H26ClNO3. The molecule has 0 aliphatic carbocycles. The van der Waals surface area contributed by atoms with E-state index in [1.165, 1.54) is 0 Å². The molecule has 1 aromatic rings. The van der Waals surface area contributed by atoms with Crippen molar-refractivity contribution in [2.45, 2.75) is 32.7 Å². The molecule has 0 spiro atoms. The molecule has 4 nitrogen and oxygen atoms in total. The summed E-state index contributed by atoms with van der Waals surface area (Å²) in [5.41, 5.74) is 1.02. The molecule has 0 bridgehead atoms. The Labute approximate surface area is 133 Å². The Hall–Kier alpha value is -1.26. The Kier molecular flexibility index (Phi) is 8.37. The van der Waals surface area contributed by atoms with Crippen LogP contribution in [-0.2, 0) is 16.0 Å². The van der Waals surface area contributed by atoms with Gasteiger partial charge in [-0.15, -0.1) is 12.4 Å². The van der Waals surface area contributed by atoms with Crippen LogP contribution in [0.1, 0.15) is 26.3 Å². The van der Waals surface area contributed by atoms with Gasteiger partial charge in [0, 0.05) is 12.1 Å². The van der Waals surface area contributed by atoms with E-state index in [1.807, 2.05) is 31.3 Å². The molecule has 0 atom stereocenters. The van der Waals surface area contributed by atoms with Crippen molar-refractivity contribution in [3.63, 3.8) is 0 Å². The van der Waals surface area contributed by atoms with Crippen molar-refractivity contribution in [2.75, 3.05) is 27.3 Å². The molecule has 5 heteroatoms.